The SMILES string of the molecule is CSCC[C@@H](NS(=O)(=O)c1ccc2c(c1)OCCO2)C(=O)OCC(=O)C(C)(C)C. The molecular weight excluding hydrogens is 418 g/mol. The minimum atomic E-state index is -4.02. The Morgan fingerprint density at radius 3 is 2.48 bits per heavy atom. The minimum Gasteiger partial charge on any atom is -0.486 e. The third kappa shape index (κ3) is 6.61. The van der Waals surface area contributed by atoms with Crippen LogP contribution in [0.4, 0.5) is 0 Å². The highest BCUT2D eigenvalue weighted by atomic mass is 32.2. The van der Waals surface area contributed by atoms with Gasteiger partial charge in [0.25, 0.3) is 0 Å². The van der Waals surface area contributed by atoms with E-state index in [1.807, 2.05) is 6.26 Å². The minimum absolute atomic E-state index is 0.0468. The average molecular weight is 446 g/mol. The van der Waals surface area contributed by atoms with Crippen molar-refractivity contribution in [2.45, 2.75) is 38.1 Å². The fraction of sp³-hybridized carbons (Fsp3) is 0.579. The fourth-order valence-corrected chi connectivity index (χ4v) is 4.07. The number of hydrogen-bond donors (Lipinski definition) is 1. The second-order valence-corrected chi connectivity index (χ2v) is 10.2. The standard InChI is InChI=1S/C19H27NO7S2/c1-19(2,3)17(21)12-27-18(22)14(7-10-28-4)20-29(23,24)13-5-6-15-16(11-13)26-9-8-25-15/h5-6,11,14,20H,7-10,12H2,1-4H3/t14-/m1/s1. The number of thioether (sulfide) groups is 1. The zero-order valence-electron chi connectivity index (χ0n) is 17.0. The van der Waals surface area contributed by atoms with Gasteiger partial charge < -0.3 is 14.2 Å². The summed E-state index contributed by atoms with van der Waals surface area (Å²) in [6.07, 6.45) is 2.08. The zero-order valence-corrected chi connectivity index (χ0v) is 18.7. The molecule has 0 spiro atoms. The van der Waals surface area contributed by atoms with E-state index >= 15 is 0 Å². The first kappa shape index (κ1) is 23.5. The fourth-order valence-electron chi connectivity index (χ4n) is 2.36. The van der Waals surface area contributed by atoms with Crippen LogP contribution < -0.4 is 14.2 Å². The monoisotopic (exact) mass is 445 g/mol. The van der Waals surface area contributed by atoms with Gasteiger partial charge in [-0.15, -0.1) is 0 Å². The number of fused-ring (bicyclic) bond motifs is 1. The largest absolute Gasteiger partial charge is 0.486 e. The molecule has 162 valence electrons. The van der Waals surface area contributed by atoms with Crippen molar-refractivity contribution >= 4 is 33.5 Å². The lowest BCUT2D eigenvalue weighted by molar-refractivity contribution is -0.151. The molecule has 1 aromatic rings. The van der Waals surface area contributed by atoms with Gasteiger partial charge in [0.15, 0.2) is 23.9 Å². The van der Waals surface area contributed by atoms with Crippen molar-refractivity contribution in [3.05, 3.63) is 18.2 Å². The van der Waals surface area contributed by atoms with E-state index in [2.05, 4.69) is 4.72 Å². The van der Waals surface area contributed by atoms with E-state index in [1.54, 1.807) is 20.8 Å². The lowest BCUT2D eigenvalue weighted by Gasteiger charge is -2.21. The van der Waals surface area contributed by atoms with Gasteiger partial charge in [-0.3, -0.25) is 9.59 Å². The van der Waals surface area contributed by atoms with Gasteiger partial charge in [-0.2, -0.15) is 16.5 Å². The van der Waals surface area contributed by atoms with Crippen LogP contribution >= 0.6 is 11.8 Å². The van der Waals surface area contributed by atoms with Gasteiger partial charge >= 0.3 is 5.97 Å². The maximum Gasteiger partial charge on any atom is 0.324 e. The number of carbonyl (C=O) groups is 2. The number of nitrogens with one attached hydrogen (secondary N) is 1. The summed E-state index contributed by atoms with van der Waals surface area (Å²) in [7, 11) is -4.02. The molecule has 29 heavy (non-hydrogen) atoms. The summed E-state index contributed by atoms with van der Waals surface area (Å²) in [6.45, 7) is 5.49. The number of hydrogen-bond acceptors (Lipinski definition) is 8. The van der Waals surface area contributed by atoms with Crippen LogP contribution in [-0.2, 0) is 24.3 Å². The zero-order chi connectivity index (χ0) is 21.7. The lowest BCUT2D eigenvalue weighted by atomic mass is 9.91. The molecule has 1 aliphatic heterocycles. The quantitative estimate of drug-likeness (QED) is 0.575. The van der Waals surface area contributed by atoms with Crippen molar-refractivity contribution in [1.29, 1.82) is 0 Å². The molecule has 0 saturated carbocycles. The van der Waals surface area contributed by atoms with Crippen molar-refractivity contribution in [1.82, 2.24) is 4.72 Å². The normalized spacial score (nSPS) is 14.9. The number of Topliss-reactive ketones (excluding diaryl/α,β-unsaturated/α-hetero) is 1. The van der Waals surface area contributed by atoms with Crippen LogP contribution in [0.2, 0.25) is 0 Å². The Labute approximate surface area is 175 Å². The van der Waals surface area contributed by atoms with E-state index in [4.69, 9.17) is 14.2 Å². The van der Waals surface area contributed by atoms with Crippen molar-refractivity contribution in [2.24, 2.45) is 5.41 Å². The molecule has 0 amide bonds. The number of rotatable bonds is 9. The van der Waals surface area contributed by atoms with Crippen LogP contribution in [0.5, 0.6) is 11.5 Å². The van der Waals surface area contributed by atoms with Gasteiger partial charge in [0, 0.05) is 11.5 Å². The molecule has 1 atom stereocenters. The molecule has 0 fully saturated rings. The van der Waals surface area contributed by atoms with Crippen molar-refractivity contribution in [3.8, 4) is 11.5 Å². The summed E-state index contributed by atoms with van der Waals surface area (Å²) in [5.74, 6) is 0.311. The van der Waals surface area contributed by atoms with E-state index in [0.29, 0.717) is 30.5 Å². The summed E-state index contributed by atoms with van der Waals surface area (Å²) < 4.78 is 43.9. The van der Waals surface area contributed by atoms with Crippen LogP contribution in [0.15, 0.2) is 23.1 Å². The highest BCUT2D eigenvalue weighted by Crippen LogP contribution is 2.32. The van der Waals surface area contributed by atoms with E-state index in [9.17, 15) is 18.0 Å². The molecule has 0 saturated heterocycles. The second-order valence-electron chi connectivity index (χ2n) is 7.54. The van der Waals surface area contributed by atoms with Crippen molar-refractivity contribution in [3.63, 3.8) is 0 Å². The van der Waals surface area contributed by atoms with Gasteiger partial charge in [-0.05, 0) is 30.6 Å². The maximum atomic E-state index is 12.8. The molecule has 1 aromatic carbocycles. The lowest BCUT2D eigenvalue weighted by Crippen LogP contribution is -2.43. The smallest absolute Gasteiger partial charge is 0.324 e. The predicted molar refractivity (Wildman–Crippen MR) is 110 cm³/mol. The first-order chi connectivity index (χ1) is 13.5. The summed E-state index contributed by atoms with van der Waals surface area (Å²) in [5, 5.41) is 0. The van der Waals surface area contributed by atoms with Gasteiger partial charge in [0.05, 0.1) is 4.90 Å². The molecule has 8 nitrogen and oxygen atoms in total. The van der Waals surface area contributed by atoms with E-state index in [-0.39, 0.29) is 17.1 Å². The molecule has 0 unspecified atom stereocenters. The predicted octanol–water partition coefficient (Wildman–Crippen LogP) is 2.02. The number of sulfonamides is 1. The topological polar surface area (TPSA) is 108 Å². The second kappa shape index (κ2) is 9.82. The highest BCUT2D eigenvalue weighted by Gasteiger charge is 2.29. The van der Waals surface area contributed by atoms with Gasteiger partial charge in [-0.25, -0.2) is 8.42 Å². The van der Waals surface area contributed by atoms with Gasteiger partial charge in [-0.1, -0.05) is 20.8 Å². The molecule has 0 bridgehead atoms. The number of carbonyl (C=O) groups excluding carboxylic acids is 2. The van der Waals surface area contributed by atoms with E-state index in [0.717, 1.165) is 0 Å². The van der Waals surface area contributed by atoms with Crippen LogP contribution in [-0.4, -0.2) is 58.0 Å². The third-order valence-electron chi connectivity index (χ3n) is 4.20. The summed E-state index contributed by atoms with van der Waals surface area (Å²) >= 11 is 1.47. The Hall–Kier alpha value is -1.78. The van der Waals surface area contributed by atoms with Gasteiger partial charge in [0.1, 0.15) is 19.3 Å². The van der Waals surface area contributed by atoms with Crippen LogP contribution in [0.1, 0.15) is 27.2 Å². The summed E-state index contributed by atoms with van der Waals surface area (Å²) in [5.41, 5.74) is -0.653. The first-order valence-electron chi connectivity index (χ1n) is 9.15. The van der Waals surface area contributed by atoms with Crippen molar-refractivity contribution in [2.75, 3.05) is 31.8 Å². The van der Waals surface area contributed by atoms with E-state index in [1.165, 1.54) is 30.0 Å². The van der Waals surface area contributed by atoms with E-state index < -0.39 is 34.1 Å². The molecule has 0 radical (unpaired) electrons. The van der Waals surface area contributed by atoms with Crippen LogP contribution in [0, 0.1) is 5.41 Å². The Kier molecular flexibility index (Phi) is 7.95. The van der Waals surface area contributed by atoms with Crippen molar-refractivity contribution < 1.29 is 32.2 Å². The Morgan fingerprint density at radius 1 is 1.21 bits per heavy atom. The van der Waals surface area contributed by atoms with Crippen LogP contribution in [0.25, 0.3) is 0 Å². The number of ketones is 1. The molecule has 10 heteroatoms. The number of ether oxygens (including phenoxy) is 3. The summed E-state index contributed by atoms with van der Waals surface area (Å²) in [4.78, 5) is 24.4. The molecule has 0 aromatic heterocycles. The molecule has 1 N–H and O–H groups in total. The summed E-state index contributed by atoms with van der Waals surface area (Å²) in [6, 6.07) is 3.15. The third-order valence-corrected chi connectivity index (χ3v) is 6.31. The maximum absolute atomic E-state index is 12.8. The highest BCUT2D eigenvalue weighted by molar-refractivity contribution is 7.98. The first-order valence-corrected chi connectivity index (χ1v) is 12.0. The molecule has 2 rings (SSSR count). The Balaban J connectivity index is 2.13. The number of esters is 1. The molecule has 1 heterocycles. The Bertz CT molecular complexity index is 847. The number of benzene rings is 1. The molecule has 1 aliphatic rings. The average Bonchev–Trinajstić information content (AvgIpc) is 2.67. The molecule has 0 aliphatic carbocycles. The Morgan fingerprint density at radius 2 is 1.86 bits per heavy atom. The molecular formula is C19H27NO7S2. The van der Waals surface area contributed by atoms with Crippen LogP contribution in [0.3, 0.4) is 0 Å². The van der Waals surface area contributed by atoms with Gasteiger partial charge in [0.2, 0.25) is 10.0 Å².